The van der Waals surface area contributed by atoms with Crippen molar-refractivity contribution < 1.29 is 24.2 Å². The number of methoxy groups -OCH3 is 1. The number of rotatable bonds is 7. The number of carboxylic acids is 1. The molecule has 0 saturated carbocycles. The van der Waals surface area contributed by atoms with E-state index in [1.165, 1.54) is 0 Å². The number of ether oxygens (including phenoxy) is 2. The monoisotopic (exact) mass is 430 g/mol. The number of carbonyl (C=O) groups excluding carboxylic acids is 1. The molecule has 1 saturated heterocycles. The lowest BCUT2D eigenvalue weighted by Gasteiger charge is -2.36. The number of hydrogen-bond acceptors (Lipinski definition) is 7. The Labute approximate surface area is 182 Å². The van der Waals surface area contributed by atoms with Crippen LogP contribution in [0.4, 0.5) is 5.69 Å². The number of anilines is 1. The minimum atomic E-state index is -0.833. The van der Waals surface area contributed by atoms with Crippen molar-refractivity contribution in [3.05, 3.63) is 48.3 Å². The normalized spacial score (nSPS) is 13.1. The van der Waals surface area contributed by atoms with Crippen molar-refractivity contribution in [1.82, 2.24) is 9.88 Å². The predicted molar refractivity (Wildman–Crippen MR) is 118 cm³/mol. The molecule has 0 bridgehead atoms. The molecular formula is C22H30N4O5. The Bertz CT molecular complexity index is 835. The third kappa shape index (κ3) is 7.45. The van der Waals surface area contributed by atoms with E-state index in [1.54, 1.807) is 31.5 Å². The summed E-state index contributed by atoms with van der Waals surface area (Å²) in [5.41, 5.74) is 7.20. The van der Waals surface area contributed by atoms with E-state index in [4.69, 9.17) is 25.1 Å². The number of carboxylic acid groups (broad SMARTS) is 1. The Balaban J connectivity index is 0.000000785. The van der Waals surface area contributed by atoms with Crippen molar-refractivity contribution in [3.8, 4) is 11.5 Å². The van der Waals surface area contributed by atoms with Crippen LogP contribution in [0.5, 0.6) is 11.5 Å². The molecule has 0 atom stereocenters. The molecule has 0 aliphatic carbocycles. The van der Waals surface area contributed by atoms with Gasteiger partial charge in [0.1, 0.15) is 0 Å². The summed E-state index contributed by atoms with van der Waals surface area (Å²) < 4.78 is 11.1. The summed E-state index contributed by atoms with van der Waals surface area (Å²) in [6.45, 7) is 5.05. The van der Waals surface area contributed by atoms with Gasteiger partial charge in [-0.15, -0.1) is 0 Å². The first kappa shape index (κ1) is 23.9. The Hall–Kier alpha value is -3.33. The van der Waals surface area contributed by atoms with E-state index < -0.39 is 5.97 Å². The highest BCUT2D eigenvalue weighted by atomic mass is 16.5. The third-order valence-electron chi connectivity index (χ3n) is 4.59. The van der Waals surface area contributed by atoms with Gasteiger partial charge in [-0.25, -0.2) is 0 Å². The second-order valence-electron chi connectivity index (χ2n) is 6.87. The molecule has 0 spiro atoms. The number of nitrogens with zero attached hydrogens (tertiary/aromatic N) is 3. The molecule has 2 heterocycles. The van der Waals surface area contributed by atoms with Crippen LogP contribution in [-0.4, -0.2) is 73.3 Å². The van der Waals surface area contributed by atoms with E-state index >= 15 is 0 Å². The van der Waals surface area contributed by atoms with Crippen molar-refractivity contribution in [2.75, 3.05) is 51.3 Å². The number of aliphatic carboxylic acids is 1. The number of piperazine rings is 1. The second-order valence-corrected chi connectivity index (χ2v) is 6.87. The first-order chi connectivity index (χ1) is 15.0. The van der Waals surface area contributed by atoms with Gasteiger partial charge in [-0.3, -0.25) is 14.6 Å². The Morgan fingerprint density at radius 2 is 1.87 bits per heavy atom. The summed E-state index contributed by atoms with van der Waals surface area (Å²) in [5.74, 6) is 0.364. The number of nitrogens with two attached hydrogens (primary N) is 1. The van der Waals surface area contributed by atoms with Crippen molar-refractivity contribution in [2.45, 2.75) is 13.3 Å². The first-order valence-corrected chi connectivity index (χ1v) is 10.1. The topological polar surface area (TPSA) is 118 Å². The molecule has 1 aliphatic rings. The first-order valence-electron chi connectivity index (χ1n) is 10.1. The van der Waals surface area contributed by atoms with Gasteiger partial charge in [0.05, 0.1) is 25.6 Å². The number of aromatic nitrogens is 1. The highest BCUT2D eigenvalue weighted by Crippen LogP contribution is 2.29. The fraction of sp³-hybridized carbons (Fsp3) is 0.409. The molecule has 3 rings (SSSR count). The van der Waals surface area contributed by atoms with Gasteiger partial charge in [-0.2, -0.15) is 0 Å². The molecule has 3 N–H and O–H groups in total. The Morgan fingerprint density at radius 1 is 1.16 bits per heavy atom. The van der Waals surface area contributed by atoms with Crippen LogP contribution in [0.1, 0.15) is 23.7 Å². The average molecular weight is 431 g/mol. The van der Waals surface area contributed by atoms with Crippen LogP contribution in [0.25, 0.3) is 0 Å². The fourth-order valence-electron chi connectivity index (χ4n) is 3.08. The smallest absolute Gasteiger partial charge is 0.300 e. The maximum atomic E-state index is 12.9. The van der Waals surface area contributed by atoms with Crippen LogP contribution in [0, 0.1) is 0 Å². The Kier molecular flexibility index (Phi) is 9.57. The van der Waals surface area contributed by atoms with Crippen LogP contribution in [-0.2, 0) is 4.79 Å². The zero-order valence-electron chi connectivity index (χ0n) is 18.0. The van der Waals surface area contributed by atoms with Gasteiger partial charge >= 0.3 is 0 Å². The highest BCUT2D eigenvalue weighted by Gasteiger charge is 2.23. The van der Waals surface area contributed by atoms with Crippen molar-refractivity contribution in [1.29, 1.82) is 0 Å². The van der Waals surface area contributed by atoms with Gasteiger partial charge in [-0.05, 0) is 43.3 Å². The summed E-state index contributed by atoms with van der Waals surface area (Å²) in [7, 11) is 1.59. The van der Waals surface area contributed by atoms with Crippen LogP contribution in [0.15, 0.2) is 42.7 Å². The lowest BCUT2D eigenvalue weighted by molar-refractivity contribution is -0.134. The maximum Gasteiger partial charge on any atom is 0.300 e. The van der Waals surface area contributed by atoms with Gasteiger partial charge in [0, 0.05) is 44.9 Å². The van der Waals surface area contributed by atoms with Crippen LogP contribution in [0.2, 0.25) is 0 Å². The number of pyridine rings is 1. The molecule has 9 heteroatoms. The van der Waals surface area contributed by atoms with Crippen molar-refractivity contribution >= 4 is 17.6 Å². The van der Waals surface area contributed by atoms with E-state index in [-0.39, 0.29) is 5.91 Å². The van der Waals surface area contributed by atoms with Gasteiger partial charge in [0.15, 0.2) is 11.5 Å². The molecule has 0 radical (unpaired) electrons. The zero-order chi connectivity index (χ0) is 22.6. The second kappa shape index (κ2) is 12.4. The number of carbonyl (C=O) groups is 2. The van der Waals surface area contributed by atoms with E-state index in [1.807, 2.05) is 23.2 Å². The highest BCUT2D eigenvalue weighted by molar-refractivity contribution is 5.95. The molecular weight excluding hydrogens is 400 g/mol. The van der Waals surface area contributed by atoms with E-state index in [2.05, 4.69) is 9.88 Å². The van der Waals surface area contributed by atoms with Gasteiger partial charge < -0.3 is 30.1 Å². The molecule has 1 amide bonds. The number of amides is 1. The van der Waals surface area contributed by atoms with Gasteiger partial charge in [0.25, 0.3) is 11.9 Å². The number of hydrogen-bond donors (Lipinski definition) is 2. The molecule has 1 fully saturated rings. The van der Waals surface area contributed by atoms with E-state index in [0.717, 1.165) is 32.1 Å². The quantitative estimate of drug-likeness (QED) is 0.639. The van der Waals surface area contributed by atoms with E-state index in [9.17, 15) is 4.79 Å². The minimum Gasteiger partial charge on any atom is -0.493 e. The zero-order valence-corrected chi connectivity index (χ0v) is 18.0. The third-order valence-corrected chi connectivity index (χ3v) is 4.59. The van der Waals surface area contributed by atoms with Crippen molar-refractivity contribution in [3.63, 3.8) is 0 Å². The lowest BCUT2D eigenvalue weighted by atomic mass is 10.1. The summed E-state index contributed by atoms with van der Waals surface area (Å²) in [6, 6.07) is 9.28. The largest absolute Gasteiger partial charge is 0.493 e. The predicted octanol–water partition coefficient (Wildman–Crippen LogP) is 1.87. The molecule has 168 valence electrons. The molecule has 9 nitrogen and oxygen atoms in total. The summed E-state index contributed by atoms with van der Waals surface area (Å²) in [6.07, 6.45) is 4.36. The molecule has 1 aliphatic heterocycles. The summed E-state index contributed by atoms with van der Waals surface area (Å²) in [4.78, 5) is 30.2. The van der Waals surface area contributed by atoms with Crippen LogP contribution >= 0.6 is 0 Å². The SMILES string of the molecule is CC(=O)O.COc1ccc(C(=O)N2CCN(c3cccnc3)CC2)cc1OCCCN. The average Bonchev–Trinajstić information content (AvgIpc) is 2.79. The fourth-order valence-corrected chi connectivity index (χ4v) is 3.08. The minimum absolute atomic E-state index is 0.00663. The molecule has 0 unspecified atom stereocenters. The molecule has 1 aromatic carbocycles. The number of benzene rings is 1. The lowest BCUT2D eigenvalue weighted by Crippen LogP contribution is -2.48. The summed E-state index contributed by atoms with van der Waals surface area (Å²) in [5, 5.41) is 7.42. The van der Waals surface area contributed by atoms with Gasteiger partial charge in [-0.1, -0.05) is 0 Å². The van der Waals surface area contributed by atoms with E-state index in [0.29, 0.717) is 43.3 Å². The molecule has 2 aromatic rings. The Morgan fingerprint density at radius 3 is 2.45 bits per heavy atom. The van der Waals surface area contributed by atoms with Crippen LogP contribution in [0.3, 0.4) is 0 Å². The molecule has 1 aromatic heterocycles. The van der Waals surface area contributed by atoms with Crippen molar-refractivity contribution in [2.24, 2.45) is 5.73 Å². The standard InChI is InChI=1S/C20H26N4O3.C2H4O2/c1-26-18-6-5-16(14-19(18)27-13-3-7-21)20(25)24-11-9-23(10-12-24)17-4-2-8-22-15-17;1-2(3)4/h2,4-6,8,14-15H,3,7,9-13,21H2,1H3;1H3,(H,3,4). The van der Waals surface area contributed by atoms with Crippen LogP contribution < -0.4 is 20.1 Å². The maximum absolute atomic E-state index is 12.9. The summed E-state index contributed by atoms with van der Waals surface area (Å²) >= 11 is 0. The molecule has 31 heavy (non-hydrogen) atoms. The van der Waals surface area contributed by atoms with Gasteiger partial charge in [0.2, 0.25) is 0 Å².